The van der Waals surface area contributed by atoms with Crippen molar-refractivity contribution in [2.45, 2.75) is 19.2 Å². The van der Waals surface area contributed by atoms with Crippen molar-refractivity contribution in [2.24, 2.45) is 5.92 Å². The molecule has 1 heterocycles. The molecule has 0 radical (unpaired) electrons. The van der Waals surface area contributed by atoms with Gasteiger partial charge in [0.1, 0.15) is 5.75 Å². The summed E-state index contributed by atoms with van der Waals surface area (Å²) in [6.45, 7) is 0.540. The van der Waals surface area contributed by atoms with Gasteiger partial charge in [0.25, 0.3) is 5.91 Å². The van der Waals surface area contributed by atoms with Crippen molar-refractivity contribution >= 4 is 11.9 Å². The van der Waals surface area contributed by atoms with E-state index < -0.39 is 29.9 Å². The Morgan fingerprint density at radius 2 is 1.86 bits per heavy atom. The molecule has 0 spiro atoms. The highest BCUT2D eigenvalue weighted by atomic mass is 19.4. The van der Waals surface area contributed by atoms with Crippen LogP contribution in [0.3, 0.4) is 0 Å². The Morgan fingerprint density at radius 3 is 2.41 bits per heavy atom. The summed E-state index contributed by atoms with van der Waals surface area (Å²) in [5.74, 6) is -2.37. The molecule has 1 aliphatic heterocycles. The molecule has 5 nitrogen and oxygen atoms in total. The van der Waals surface area contributed by atoms with Gasteiger partial charge in [-0.15, -0.1) is 13.2 Å². The van der Waals surface area contributed by atoms with Gasteiger partial charge in [-0.05, 0) is 37.1 Å². The van der Waals surface area contributed by atoms with E-state index in [-0.39, 0.29) is 12.1 Å². The van der Waals surface area contributed by atoms with Gasteiger partial charge in [0.2, 0.25) is 0 Å². The first-order valence-electron chi connectivity index (χ1n) is 6.64. The minimum absolute atomic E-state index is 0.106. The third kappa shape index (κ3) is 4.12. The van der Waals surface area contributed by atoms with Crippen LogP contribution in [0.5, 0.6) is 5.75 Å². The Bertz CT molecular complexity index is 556. The van der Waals surface area contributed by atoms with Crippen LogP contribution in [-0.2, 0) is 4.79 Å². The summed E-state index contributed by atoms with van der Waals surface area (Å²) in [6.07, 6.45) is -3.69. The van der Waals surface area contributed by atoms with E-state index in [0.717, 1.165) is 12.1 Å². The second-order valence-corrected chi connectivity index (χ2v) is 5.00. The molecule has 1 fully saturated rings. The van der Waals surface area contributed by atoms with Gasteiger partial charge in [-0.1, -0.05) is 0 Å². The van der Waals surface area contributed by atoms with Crippen molar-refractivity contribution in [3.8, 4) is 5.75 Å². The average molecular weight is 317 g/mol. The summed E-state index contributed by atoms with van der Waals surface area (Å²) >= 11 is 0. The molecule has 1 aliphatic rings. The number of carbonyl (C=O) groups is 2. The summed E-state index contributed by atoms with van der Waals surface area (Å²) in [7, 11) is 0. The number of carbonyl (C=O) groups excluding carboxylic acids is 1. The van der Waals surface area contributed by atoms with E-state index in [2.05, 4.69) is 4.74 Å². The molecule has 1 N–H and O–H groups in total. The average Bonchev–Trinajstić information content (AvgIpc) is 2.46. The molecule has 0 unspecified atom stereocenters. The molecule has 0 saturated carbocycles. The molecule has 1 amide bonds. The van der Waals surface area contributed by atoms with E-state index in [0.29, 0.717) is 19.4 Å². The van der Waals surface area contributed by atoms with Crippen LogP contribution >= 0.6 is 0 Å². The van der Waals surface area contributed by atoms with Crippen molar-refractivity contribution < 1.29 is 32.6 Å². The molecule has 0 aliphatic carbocycles. The number of alkyl halides is 3. The van der Waals surface area contributed by atoms with Crippen molar-refractivity contribution in [1.82, 2.24) is 4.90 Å². The summed E-state index contributed by atoms with van der Waals surface area (Å²) < 4.78 is 39.9. The lowest BCUT2D eigenvalue weighted by Crippen LogP contribution is -2.42. The molecule has 1 atom stereocenters. The molecule has 2 rings (SSSR count). The molecule has 1 aromatic carbocycles. The number of aliphatic carboxylic acids is 1. The van der Waals surface area contributed by atoms with Crippen LogP contribution in [0, 0.1) is 5.92 Å². The highest BCUT2D eigenvalue weighted by Crippen LogP contribution is 2.24. The Balaban J connectivity index is 2.05. The fourth-order valence-corrected chi connectivity index (χ4v) is 2.34. The molecular formula is C14H14F3NO4. The number of hydrogen-bond donors (Lipinski definition) is 1. The number of ether oxygens (including phenoxy) is 1. The Morgan fingerprint density at radius 1 is 1.23 bits per heavy atom. The lowest BCUT2D eigenvalue weighted by Gasteiger charge is -2.30. The zero-order chi connectivity index (χ0) is 16.3. The van der Waals surface area contributed by atoms with Crippen LogP contribution in [0.4, 0.5) is 13.2 Å². The Hall–Kier alpha value is -2.25. The maximum atomic E-state index is 12.2. The van der Waals surface area contributed by atoms with Crippen molar-refractivity contribution in [3.63, 3.8) is 0 Å². The molecule has 0 aromatic heterocycles. The molecule has 0 bridgehead atoms. The topological polar surface area (TPSA) is 66.8 Å². The maximum absolute atomic E-state index is 12.2. The minimum atomic E-state index is -4.78. The number of hydrogen-bond acceptors (Lipinski definition) is 3. The lowest BCUT2D eigenvalue weighted by molar-refractivity contribution is -0.274. The molecule has 8 heteroatoms. The van der Waals surface area contributed by atoms with Crippen molar-refractivity contribution in [3.05, 3.63) is 29.8 Å². The molecular weight excluding hydrogens is 303 g/mol. The van der Waals surface area contributed by atoms with Gasteiger partial charge in [0, 0.05) is 18.7 Å². The SMILES string of the molecule is O=C(O)[C@H]1CCCN(C(=O)c2ccc(OC(F)(F)F)cc2)C1. The van der Waals surface area contributed by atoms with E-state index in [1.807, 2.05) is 0 Å². The minimum Gasteiger partial charge on any atom is -0.481 e. The predicted octanol–water partition coefficient (Wildman–Crippen LogP) is 2.52. The van der Waals surface area contributed by atoms with Gasteiger partial charge in [0.05, 0.1) is 5.92 Å². The summed E-state index contributed by atoms with van der Waals surface area (Å²) in [5.41, 5.74) is 0.195. The van der Waals surface area contributed by atoms with Crippen LogP contribution in [-0.4, -0.2) is 41.3 Å². The van der Waals surface area contributed by atoms with Gasteiger partial charge in [-0.25, -0.2) is 0 Å². The van der Waals surface area contributed by atoms with E-state index >= 15 is 0 Å². The van der Waals surface area contributed by atoms with Crippen LogP contribution in [0.25, 0.3) is 0 Å². The Kier molecular flexibility index (Phi) is 4.58. The zero-order valence-corrected chi connectivity index (χ0v) is 11.5. The lowest BCUT2D eigenvalue weighted by atomic mass is 9.97. The van der Waals surface area contributed by atoms with E-state index in [1.165, 1.54) is 17.0 Å². The smallest absolute Gasteiger partial charge is 0.481 e. The Labute approximate surface area is 124 Å². The van der Waals surface area contributed by atoms with Gasteiger partial charge in [-0.2, -0.15) is 0 Å². The molecule has 120 valence electrons. The van der Waals surface area contributed by atoms with Crippen molar-refractivity contribution in [2.75, 3.05) is 13.1 Å². The van der Waals surface area contributed by atoms with Gasteiger partial charge < -0.3 is 14.7 Å². The van der Waals surface area contributed by atoms with Crippen LogP contribution in [0.2, 0.25) is 0 Å². The van der Waals surface area contributed by atoms with E-state index in [4.69, 9.17) is 5.11 Å². The summed E-state index contributed by atoms with van der Waals surface area (Å²) in [6, 6.07) is 4.57. The number of carboxylic acid groups (broad SMARTS) is 1. The highest BCUT2D eigenvalue weighted by molar-refractivity contribution is 5.94. The third-order valence-corrected chi connectivity index (χ3v) is 3.39. The molecule has 1 aromatic rings. The molecule has 1 saturated heterocycles. The quantitative estimate of drug-likeness (QED) is 0.930. The summed E-state index contributed by atoms with van der Waals surface area (Å²) in [5, 5.41) is 8.99. The van der Waals surface area contributed by atoms with Crippen LogP contribution < -0.4 is 4.74 Å². The van der Waals surface area contributed by atoms with Gasteiger partial charge >= 0.3 is 12.3 Å². The number of nitrogens with zero attached hydrogens (tertiary/aromatic N) is 1. The first kappa shape index (κ1) is 16.1. The number of halogens is 3. The predicted molar refractivity (Wildman–Crippen MR) is 69.4 cm³/mol. The third-order valence-electron chi connectivity index (χ3n) is 3.39. The largest absolute Gasteiger partial charge is 0.573 e. The fraction of sp³-hybridized carbons (Fsp3) is 0.429. The normalized spacial score (nSPS) is 18.9. The summed E-state index contributed by atoms with van der Waals surface area (Å²) in [4.78, 5) is 24.6. The number of likely N-dealkylation sites (tertiary alicyclic amines) is 1. The standard InChI is InChI=1S/C14H14F3NO4/c15-14(16,17)22-11-5-3-9(4-6-11)12(19)18-7-1-2-10(8-18)13(20)21/h3-6,10H,1-2,7-8H2,(H,20,21)/t10-/m0/s1. The highest BCUT2D eigenvalue weighted by Gasteiger charge is 2.31. The fourth-order valence-electron chi connectivity index (χ4n) is 2.34. The first-order valence-corrected chi connectivity index (χ1v) is 6.64. The maximum Gasteiger partial charge on any atom is 0.573 e. The van der Waals surface area contributed by atoms with E-state index in [9.17, 15) is 22.8 Å². The number of amides is 1. The second kappa shape index (κ2) is 6.25. The monoisotopic (exact) mass is 317 g/mol. The number of carboxylic acids is 1. The number of benzene rings is 1. The molecule has 22 heavy (non-hydrogen) atoms. The van der Waals surface area contributed by atoms with Crippen LogP contribution in [0.1, 0.15) is 23.2 Å². The second-order valence-electron chi connectivity index (χ2n) is 5.00. The van der Waals surface area contributed by atoms with Gasteiger partial charge in [0.15, 0.2) is 0 Å². The van der Waals surface area contributed by atoms with E-state index in [1.54, 1.807) is 0 Å². The van der Waals surface area contributed by atoms with Gasteiger partial charge in [-0.3, -0.25) is 9.59 Å². The van der Waals surface area contributed by atoms with Crippen LogP contribution in [0.15, 0.2) is 24.3 Å². The van der Waals surface area contributed by atoms with Crippen molar-refractivity contribution in [1.29, 1.82) is 0 Å². The number of piperidine rings is 1. The first-order chi connectivity index (χ1) is 10.3. The zero-order valence-electron chi connectivity index (χ0n) is 11.5. The number of rotatable bonds is 3.